The van der Waals surface area contributed by atoms with Crippen LogP contribution in [0.3, 0.4) is 0 Å². The van der Waals surface area contributed by atoms with Gasteiger partial charge in [-0.1, -0.05) is 54.3 Å². The zero-order chi connectivity index (χ0) is 25.2. The Bertz CT molecular complexity index is 1670. The van der Waals surface area contributed by atoms with E-state index in [0.717, 1.165) is 22.0 Å². The molecule has 8 heteroatoms. The molecule has 0 saturated heterocycles. The van der Waals surface area contributed by atoms with Crippen LogP contribution in [0.4, 0.5) is 0 Å². The quantitative estimate of drug-likeness (QED) is 0.309. The van der Waals surface area contributed by atoms with Gasteiger partial charge in [-0.05, 0) is 43.7 Å². The van der Waals surface area contributed by atoms with Gasteiger partial charge in [0.25, 0.3) is 5.56 Å². The fourth-order valence-electron chi connectivity index (χ4n) is 4.36. The lowest BCUT2D eigenvalue weighted by atomic mass is 9.96. The molecule has 0 aliphatic carbocycles. The second-order valence-corrected chi connectivity index (χ2v) is 9.27. The highest BCUT2D eigenvalue weighted by atomic mass is 32.1. The average Bonchev–Trinajstić information content (AvgIpc) is 3.43. The van der Waals surface area contributed by atoms with Gasteiger partial charge >= 0.3 is 5.97 Å². The molecule has 182 valence electrons. The molecule has 2 aromatic heterocycles. The number of carbonyl (C=O) groups excluding carboxylic acids is 1. The number of fused-ring (bicyclic) bond motifs is 2. The summed E-state index contributed by atoms with van der Waals surface area (Å²) in [7, 11) is 0. The fourth-order valence-corrected chi connectivity index (χ4v) is 5.40. The number of allylic oxidation sites excluding steroid dienone is 1. The van der Waals surface area contributed by atoms with Crippen molar-refractivity contribution in [3.8, 4) is 5.75 Å². The smallest absolute Gasteiger partial charge is 0.338 e. The SMILES string of the molecule is C=CCOc1ccc([C@@H]2C(C(=O)OCC)=C(C)N=c3s/c(=C\c4c[nH]c5ccccc45)c(=O)n32)cc1. The zero-order valence-electron chi connectivity index (χ0n) is 20.0. The van der Waals surface area contributed by atoms with Gasteiger partial charge in [-0.25, -0.2) is 9.79 Å². The second kappa shape index (κ2) is 9.83. The summed E-state index contributed by atoms with van der Waals surface area (Å²) < 4.78 is 13.1. The summed E-state index contributed by atoms with van der Waals surface area (Å²) in [6, 6.07) is 14.6. The van der Waals surface area contributed by atoms with Gasteiger partial charge in [0.05, 0.1) is 28.5 Å². The molecule has 36 heavy (non-hydrogen) atoms. The zero-order valence-corrected chi connectivity index (χ0v) is 20.8. The highest BCUT2D eigenvalue weighted by Crippen LogP contribution is 2.31. The van der Waals surface area contributed by atoms with Crippen LogP contribution < -0.4 is 19.6 Å². The maximum atomic E-state index is 13.8. The number of esters is 1. The molecule has 1 aliphatic rings. The molecule has 1 N–H and O–H groups in total. The summed E-state index contributed by atoms with van der Waals surface area (Å²) in [5.41, 5.74) is 3.34. The highest BCUT2D eigenvalue weighted by Gasteiger charge is 2.33. The topological polar surface area (TPSA) is 85.7 Å². The third-order valence-electron chi connectivity index (χ3n) is 5.99. The molecule has 5 rings (SSSR count). The van der Waals surface area contributed by atoms with Gasteiger partial charge in [-0.15, -0.1) is 0 Å². The molecule has 3 heterocycles. The Morgan fingerprint density at radius 3 is 2.75 bits per heavy atom. The predicted molar refractivity (Wildman–Crippen MR) is 141 cm³/mol. The second-order valence-electron chi connectivity index (χ2n) is 8.26. The van der Waals surface area contributed by atoms with E-state index in [9.17, 15) is 9.59 Å². The molecule has 7 nitrogen and oxygen atoms in total. The van der Waals surface area contributed by atoms with Crippen LogP contribution in [0, 0.1) is 0 Å². The summed E-state index contributed by atoms with van der Waals surface area (Å²) in [5.74, 6) is 0.186. The molecule has 0 saturated carbocycles. The Morgan fingerprint density at radius 2 is 2.00 bits per heavy atom. The Labute approximate surface area is 211 Å². The minimum absolute atomic E-state index is 0.213. The summed E-state index contributed by atoms with van der Waals surface area (Å²) in [5, 5.41) is 1.03. The number of H-pyrrole nitrogens is 1. The Kier molecular flexibility index (Phi) is 6.43. The fraction of sp³-hybridized carbons (Fsp3) is 0.179. The van der Waals surface area contributed by atoms with Crippen LogP contribution in [0.15, 0.2) is 88.4 Å². The van der Waals surface area contributed by atoms with Crippen LogP contribution >= 0.6 is 11.3 Å². The van der Waals surface area contributed by atoms with E-state index in [1.165, 1.54) is 11.3 Å². The number of aromatic amines is 1. The highest BCUT2D eigenvalue weighted by molar-refractivity contribution is 7.07. The van der Waals surface area contributed by atoms with Gasteiger partial charge in [0.1, 0.15) is 12.4 Å². The largest absolute Gasteiger partial charge is 0.490 e. The van der Waals surface area contributed by atoms with Crippen LogP contribution in [0.2, 0.25) is 0 Å². The first kappa shape index (κ1) is 23.6. The van der Waals surface area contributed by atoms with Crippen molar-refractivity contribution in [3.63, 3.8) is 0 Å². The van der Waals surface area contributed by atoms with Crippen molar-refractivity contribution in [2.75, 3.05) is 13.2 Å². The first-order chi connectivity index (χ1) is 17.5. The summed E-state index contributed by atoms with van der Waals surface area (Å²) in [6.07, 6.45) is 5.43. The molecule has 0 unspecified atom stereocenters. The number of rotatable bonds is 7. The van der Waals surface area contributed by atoms with Crippen molar-refractivity contribution >= 4 is 34.3 Å². The molecular weight excluding hydrogens is 474 g/mol. The van der Waals surface area contributed by atoms with E-state index in [4.69, 9.17) is 9.47 Å². The molecule has 4 aromatic rings. The first-order valence-corrected chi connectivity index (χ1v) is 12.4. The van der Waals surface area contributed by atoms with Gasteiger partial charge in [-0.2, -0.15) is 0 Å². The van der Waals surface area contributed by atoms with Gasteiger partial charge < -0.3 is 14.5 Å². The van der Waals surface area contributed by atoms with Crippen LogP contribution in [-0.4, -0.2) is 28.7 Å². The van der Waals surface area contributed by atoms with Crippen molar-refractivity contribution in [2.45, 2.75) is 19.9 Å². The number of nitrogens with zero attached hydrogens (tertiary/aromatic N) is 2. The van der Waals surface area contributed by atoms with E-state index in [1.807, 2.05) is 60.8 Å². The maximum Gasteiger partial charge on any atom is 0.338 e. The van der Waals surface area contributed by atoms with Crippen LogP contribution in [0.5, 0.6) is 5.75 Å². The van der Waals surface area contributed by atoms with Crippen molar-refractivity contribution in [1.82, 2.24) is 9.55 Å². The lowest BCUT2D eigenvalue weighted by Crippen LogP contribution is -2.39. The summed E-state index contributed by atoms with van der Waals surface area (Å²) in [6.45, 7) is 7.81. The van der Waals surface area contributed by atoms with E-state index in [0.29, 0.717) is 33.0 Å². The van der Waals surface area contributed by atoms with Crippen LogP contribution in [-0.2, 0) is 9.53 Å². The average molecular weight is 500 g/mol. The number of ether oxygens (including phenoxy) is 2. The van der Waals surface area contributed by atoms with E-state index in [2.05, 4.69) is 16.6 Å². The molecule has 1 aliphatic heterocycles. The molecule has 0 radical (unpaired) electrons. The van der Waals surface area contributed by atoms with Crippen LogP contribution in [0.25, 0.3) is 17.0 Å². The molecule has 0 amide bonds. The molecule has 0 bridgehead atoms. The molecule has 0 fully saturated rings. The number of thiazole rings is 1. The molecule has 2 aromatic carbocycles. The van der Waals surface area contributed by atoms with Crippen molar-refractivity contribution in [2.24, 2.45) is 4.99 Å². The van der Waals surface area contributed by atoms with E-state index < -0.39 is 12.0 Å². The monoisotopic (exact) mass is 499 g/mol. The minimum atomic E-state index is -0.668. The van der Waals surface area contributed by atoms with E-state index in [1.54, 1.807) is 24.5 Å². The van der Waals surface area contributed by atoms with E-state index >= 15 is 0 Å². The Morgan fingerprint density at radius 1 is 1.22 bits per heavy atom. The lowest BCUT2D eigenvalue weighted by molar-refractivity contribution is -0.139. The minimum Gasteiger partial charge on any atom is -0.490 e. The molecule has 1 atom stereocenters. The normalized spacial score (nSPS) is 15.5. The number of para-hydroxylation sites is 1. The molecular formula is C28H25N3O4S. The molecule has 0 spiro atoms. The number of benzene rings is 2. The van der Waals surface area contributed by atoms with Crippen molar-refractivity contribution in [1.29, 1.82) is 0 Å². The maximum absolute atomic E-state index is 13.8. The van der Waals surface area contributed by atoms with Crippen molar-refractivity contribution in [3.05, 3.63) is 109 Å². The summed E-state index contributed by atoms with van der Waals surface area (Å²) >= 11 is 1.30. The number of hydrogen-bond donors (Lipinski definition) is 1. The number of nitrogens with one attached hydrogen (secondary N) is 1. The standard InChI is InChI=1S/C28H25N3O4S/c1-4-14-35-20-12-10-18(11-13-20)25-24(27(33)34-5-2)17(3)30-28-31(25)26(32)23(36-28)15-19-16-29-22-9-7-6-8-21(19)22/h4,6-13,15-16,25,29H,1,5,14H2,2-3H3/b23-15-/t25-/m1/s1. The van der Waals surface area contributed by atoms with Gasteiger partial charge in [0, 0.05) is 22.7 Å². The number of aromatic nitrogens is 2. The third-order valence-corrected chi connectivity index (χ3v) is 6.97. The summed E-state index contributed by atoms with van der Waals surface area (Å²) in [4.78, 5) is 35.2. The Balaban J connectivity index is 1.68. The third kappa shape index (κ3) is 4.20. The van der Waals surface area contributed by atoms with E-state index in [-0.39, 0.29) is 12.2 Å². The predicted octanol–water partition coefficient (Wildman–Crippen LogP) is 3.84. The van der Waals surface area contributed by atoms with Gasteiger partial charge in [0.15, 0.2) is 4.80 Å². The number of carbonyl (C=O) groups is 1. The lowest BCUT2D eigenvalue weighted by Gasteiger charge is -2.24. The number of hydrogen-bond acceptors (Lipinski definition) is 6. The first-order valence-electron chi connectivity index (χ1n) is 11.6. The van der Waals surface area contributed by atoms with Gasteiger partial charge in [0.2, 0.25) is 0 Å². The van der Waals surface area contributed by atoms with Gasteiger partial charge in [-0.3, -0.25) is 9.36 Å². The van der Waals surface area contributed by atoms with Crippen molar-refractivity contribution < 1.29 is 14.3 Å². The Hall–Kier alpha value is -4.17. The van der Waals surface area contributed by atoms with Crippen LogP contribution in [0.1, 0.15) is 31.0 Å².